The van der Waals surface area contributed by atoms with E-state index in [2.05, 4.69) is 10.5 Å². The van der Waals surface area contributed by atoms with Gasteiger partial charge in [0, 0.05) is 13.1 Å². The Kier molecular flexibility index (Phi) is 6.62. The zero-order chi connectivity index (χ0) is 22.6. The van der Waals surface area contributed by atoms with Gasteiger partial charge < -0.3 is 9.26 Å². The number of rotatable bonds is 7. The zero-order valence-electron chi connectivity index (χ0n) is 16.5. The topological polar surface area (TPSA) is 119 Å². The van der Waals surface area contributed by atoms with Crippen molar-refractivity contribution in [2.75, 3.05) is 23.3 Å². The highest BCUT2D eigenvalue weighted by Gasteiger charge is 2.24. The van der Waals surface area contributed by atoms with Crippen LogP contribution in [0.2, 0.25) is 5.02 Å². The lowest BCUT2D eigenvalue weighted by Crippen LogP contribution is -2.27. The molecule has 0 aliphatic carbocycles. The molecule has 3 rings (SSSR count). The fourth-order valence-electron chi connectivity index (χ4n) is 2.56. The SMILES string of the molecule is Cc1cc(NC(=O)COC(=O)c2cc(S(=O)(=O)N(C)c3ccccc3)ccc2Cl)on1. The molecular formula is C20H18ClN3O6S. The molecule has 0 saturated carbocycles. The lowest BCUT2D eigenvalue weighted by atomic mass is 10.2. The first-order valence-corrected chi connectivity index (χ1v) is 10.7. The van der Waals surface area contributed by atoms with Gasteiger partial charge in [-0.2, -0.15) is 0 Å². The Hall–Kier alpha value is -3.37. The summed E-state index contributed by atoms with van der Waals surface area (Å²) in [6.07, 6.45) is 0. The fourth-order valence-corrected chi connectivity index (χ4v) is 3.98. The summed E-state index contributed by atoms with van der Waals surface area (Å²) >= 11 is 6.05. The Bertz CT molecular complexity index is 1210. The minimum absolute atomic E-state index is 0.0161. The second kappa shape index (κ2) is 9.19. The minimum atomic E-state index is -3.97. The van der Waals surface area contributed by atoms with E-state index in [0.29, 0.717) is 11.4 Å². The molecule has 0 aliphatic rings. The number of carbonyl (C=O) groups excluding carboxylic acids is 2. The highest BCUT2D eigenvalue weighted by molar-refractivity contribution is 7.92. The van der Waals surface area contributed by atoms with Gasteiger partial charge in [0.15, 0.2) is 6.61 Å². The molecule has 1 aromatic heterocycles. The van der Waals surface area contributed by atoms with Crippen molar-refractivity contribution in [2.24, 2.45) is 0 Å². The molecule has 0 radical (unpaired) electrons. The molecule has 2 aromatic carbocycles. The molecule has 3 aromatic rings. The number of aryl methyl sites for hydroxylation is 1. The van der Waals surface area contributed by atoms with E-state index in [1.54, 1.807) is 37.3 Å². The number of benzene rings is 2. The average Bonchev–Trinajstić information content (AvgIpc) is 3.16. The maximum absolute atomic E-state index is 12.9. The smallest absolute Gasteiger partial charge is 0.340 e. The highest BCUT2D eigenvalue weighted by atomic mass is 35.5. The predicted molar refractivity (Wildman–Crippen MR) is 114 cm³/mol. The van der Waals surface area contributed by atoms with E-state index < -0.39 is 28.5 Å². The van der Waals surface area contributed by atoms with Crippen LogP contribution in [-0.4, -0.2) is 39.1 Å². The number of ether oxygens (including phenoxy) is 1. The molecular weight excluding hydrogens is 446 g/mol. The lowest BCUT2D eigenvalue weighted by Gasteiger charge is -2.20. The maximum Gasteiger partial charge on any atom is 0.340 e. The first-order valence-electron chi connectivity index (χ1n) is 8.92. The molecule has 0 fully saturated rings. The van der Waals surface area contributed by atoms with Crippen LogP contribution in [0, 0.1) is 6.92 Å². The van der Waals surface area contributed by atoms with E-state index in [1.165, 1.54) is 25.2 Å². The number of anilines is 2. The monoisotopic (exact) mass is 463 g/mol. The third-order valence-corrected chi connectivity index (χ3v) is 6.27. The molecule has 0 saturated heterocycles. The summed E-state index contributed by atoms with van der Waals surface area (Å²) in [6, 6.07) is 13.6. The van der Waals surface area contributed by atoms with Crippen molar-refractivity contribution in [1.29, 1.82) is 0 Å². The van der Waals surface area contributed by atoms with Gasteiger partial charge in [-0.1, -0.05) is 35.0 Å². The van der Waals surface area contributed by atoms with E-state index in [1.807, 2.05) is 0 Å². The summed E-state index contributed by atoms with van der Waals surface area (Å²) in [5.41, 5.74) is 0.825. The Labute approximate surface area is 183 Å². The molecule has 0 atom stereocenters. The van der Waals surface area contributed by atoms with Crippen LogP contribution < -0.4 is 9.62 Å². The highest BCUT2D eigenvalue weighted by Crippen LogP contribution is 2.26. The third-order valence-electron chi connectivity index (χ3n) is 4.16. The second-order valence-electron chi connectivity index (χ2n) is 6.41. The van der Waals surface area contributed by atoms with Crippen LogP contribution in [0.5, 0.6) is 0 Å². The number of hydrogen-bond donors (Lipinski definition) is 1. The normalized spacial score (nSPS) is 11.1. The van der Waals surface area contributed by atoms with Crippen molar-refractivity contribution in [3.05, 3.63) is 70.9 Å². The van der Waals surface area contributed by atoms with Crippen molar-refractivity contribution < 1.29 is 27.3 Å². The van der Waals surface area contributed by atoms with Crippen molar-refractivity contribution >= 4 is 45.1 Å². The number of sulfonamides is 1. The van der Waals surface area contributed by atoms with Gasteiger partial charge >= 0.3 is 5.97 Å². The molecule has 0 unspecified atom stereocenters. The first kappa shape index (κ1) is 22.3. The number of halogens is 1. The van der Waals surface area contributed by atoms with Crippen molar-refractivity contribution in [3.63, 3.8) is 0 Å². The van der Waals surface area contributed by atoms with Crippen molar-refractivity contribution in [2.45, 2.75) is 11.8 Å². The van der Waals surface area contributed by atoms with Gasteiger partial charge in [0.05, 0.1) is 26.9 Å². The van der Waals surface area contributed by atoms with Crippen LogP contribution in [0.25, 0.3) is 0 Å². The van der Waals surface area contributed by atoms with E-state index in [9.17, 15) is 18.0 Å². The largest absolute Gasteiger partial charge is 0.452 e. The summed E-state index contributed by atoms with van der Waals surface area (Å²) < 4.78 is 36.8. The van der Waals surface area contributed by atoms with Gasteiger partial charge in [-0.15, -0.1) is 0 Å². The van der Waals surface area contributed by atoms with E-state index in [-0.39, 0.29) is 21.4 Å². The lowest BCUT2D eigenvalue weighted by molar-refractivity contribution is -0.119. The van der Waals surface area contributed by atoms with Gasteiger partial charge in [-0.25, -0.2) is 13.2 Å². The molecule has 1 heterocycles. The van der Waals surface area contributed by atoms with E-state index in [0.717, 1.165) is 10.4 Å². The van der Waals surface area contributed by atoms with Crippen LogP contribution in [0.4, 0.5) is 11.6 Å². The summed E-state index contributed by atoms with van der Waals surface area (Å²) in [4.78, 5) is 24.2. The van der Waals surface area contributed by atoms with Gasteiger partial charge in [0.1, 0.15) is 0 Å². The van der Waals surface area contributed by atoms with Gasteiger partial charge in [-0.3, -0.25) is 14.4 Å². The van der Waals surface area contributed by atoms with Gasteiger partial charge in [-0.05, 0) is 37.3 Å². The summed E-state index contributed by atoms with van der Waals surface area (Å²) in [7, 11) is -2.57. The quantitative estimate of drug-likeness (QED) is 0.534. The number of amides is 1. The van der Waals surface area contributed by atoms with Gasteiger partial charge in [0.2, 0.25) is 5.88 Å². The zero-order valence-corrected chi connectivity index (χ0v) is 18.1. The standard InChI is InChI=1S/C20H18ClN3O6S/c1-13-10-19(30-23-13)22-18(25)12-29-20(26)16-11-15(8-9-17(16)21)31(27,28)24(2)14-6-4-3-5-7-14/h3-11H,12H2,1-2H3,(H,22,25). The molecule has 1 amide bonds. The molecule has 0 aliphatic heterocycles. The molecule has 0 bridgehead atoms. The van der Waals surface area contributed by atoms with Crippen LogP contribution in [-0.2, 0) is 19.6 Å². The van der Waals surface area contributed by atoms with Crippen molar-refractivity contribution in [3.8, 4) is 0 Å². The molecule has 162 valence electrons. The molecule has 31 heavy (non-hydrogen) atoms. The maximum atomic E-state index is 12.9. The number of nitrogens with zero attached hydrogens (tertiary/aromatic N) is 2. The van der Waals surface area contributed by atoms with Crippen LogP contribution in [0.15, 0.2) is 64.0 Å². The predicted octanol–water partition coefficient (Wildman–Crippen LogP) is 3.26. The Morgan fingerprint density at radius 1 is 1.16 bits per heavy atom. The Balaban J connectivity index is 1.74. The van der Waals surface area contributed by atoms with E-state index >= 15 is 0 Å². The number of hydrogen-bond acceptors (Lipinski definition) is 7. The Morgan fingerprint density at radius 2 is 1.87 bits per heavy atom. The number of aromatic nitrogens is 1. The molecule has 11 heteroatoms. The summed E-state index contributed by atoms with van der Waals surface area (Å²) in [6.45, 7) is 1.05. The molecule has 1 N–H and O–H groups in total. The fraction of sp³-hybridized carbons (Fsp3) is 0.150. The second-order valence-corrected chi connectivity index (χ2v) is 8.78. The van der Waals surface area contributed by atoms with Gasteiger partial charge in [0.25, 0.3) is 15.9 Å². The van der Waals surface area contributed by atoms with Crippen molar-refractivity contribution in [1.82, 2.24) is 5.16 Å². The summed E-state index contributed by atoms with van der Waals surface area (Å²) in [5, 5.41) is 5.97. The summed E-state index contributed by atoms with van der Waals surface area (Å²) in [5.74, 6) is -1.50. The molecule has 9 nitrogen and oxygen atoms in total. The van der Waals surface area contributed by atoms with Crippen LogP contribution in [0.1, 0.15) is 16.1 Å². The number of nitrogens with one attached hydrogen (secondary N) is 1. The van der Waals surface area contributed by atoms with Crippen LogP contribution in [0.3, 0.4) is 0 Å². The number of esters is 1. The van der Waals surface area contributed by atoms with E-state index in [4.69, 9.17) is 20.9 Å². The molecule has 0 spiro atoms. The average molecular weight is 464 g/mol. The first-order chi connectivity index (χ1) is 14.7. The number of carbonyl (C=O) groups is 2. The number of para-hydroxylation sites is 1. The third kappa shape index (κ3) is 5.22. The minimum Gasteiger partial charge on any atom is -0.452 e. The van der Waals surface area contributed by atoms with Crippen LogP contribution >= 0.6 is 11.6 Å². The Morgan fingerprint density at radius 3 is 2.52 bits per heavy atom.